The van der Waals surface area contributed by atoms with Gasteiger partial charge < -0.3 is 10.4 Å². The highest BCUT2D eigenvalue weighted by Crippen LogP contribution is 2.33. The van der Waals surface area contributed by atoms with Crippen LogP contribution in [0.5, 0.6) is 0 Å². The minimum Gasteiger partial charge on any atom is -0.477 e. The molecule has 4 nitrogen and oxygen atoms in total. The van der Waals surface area contributed by atoms with Crippen molar-refractivity contribution in [1.29, 1.82) is 0 Å². The largest absolute Gasteiger partial charge is 0.477 e. The quantitative estimate of drug-likeness (QED) is 0.844. The molecule has 2 atom stereocenters. The zero-order valence-electron chi connectivity index (χ0n) is 8.90. The van der Waals surface area contributed by atoms with Crippen LogP contribution < -0.4 is 5.32 Å². The van der Waals surface area contributed by atoms with Gasteiger partial charge in [0.2, 0.25) is 0 Å². The number of carboxylic acid groups (broad SMARTS) is 1. The first-order valence-corrected chi connectivity index (χ1v) is 6.07. The number of aromatic carboxylic acids is 1. The summed E-state index contributed by atoms with van der Waals surface area (Å²) >= 11 is 1.02. The van der Waals surface area contributed by atoms with Gasteiger partial charge in [0.1, 0.15) is 4.88 Å². The van der Waals surface area contributed by atoms with Crippen molar-refractivity contribution < 1.29 is 14.7 Å². The molecule has 0 aromatic carbocycles. The Morgan fingerprint density at radius 3 is 2.69 bits per heavy atom. The molecule has 1 saturated carbocycles. The molecular formula is C11H13NO3S. The van der Waals surface area contributed by atoms with Crippen molar-refractivity contribution in [2.24, 2.45) is 5.92 Å². The summed E-state index contributed by atoms with van der Waals surface area (Å²) in [7, 11) is 0. The van der Waals surface area contributed by atoms with Crippen molar-refractivity contribution in [1.82, 2.24) is 5.32 Å². The smallest absolute Gasteiger partial charge is 0.345 e. The summed E-state index contributed by atoms with van der Waals surface area (Å²) < 4.78 is 0. The van der Waals surface area contributed by atoms with Crippen LogP contribution in [0.3, 0.4) is 0 Å². The van der Waals surface area contributed by atoms with E-state index in [2.05, 4.69) is 12.2 Å². The van der Waals surface area contributed by atoms with Gasteiger partial charge in [-0.1, -0.05) is 13.3 Å². The zero-order valence-corrected chi connectivity index (χ0v) is 9.71. The number of carboxylic acids is 1. The van der Waals surface area contributed by atoms with Crippen LogP contribution in [-0.2, 0) is 0 Å². The molecule has 0 aliphatic heterocycles. The maximum atomic E-state index is 11.7. The number of rotatable bonds is 4. The van der Waals surface area contributed by atoms with Crippen molar-refractivity contribution in [3.05, 3.63) is 21.9 Å². The average molecular weight is 239 g/mol. The minimum atomic E-state index is -0.984. The lowest BCUT2D eigenvalue weighted by Crippen LogP contribution is -2.25. The molecule has 1 aliphatic rings. The Kier molecular flexibility index (Phi) is 2.96. The molecule has 1 fully saturated rings. The number of amides is 1. The highest BCUT2D eigenvalue weighted by molar-refractivity contribution is 7.15. The molecule has 0 bridgehead atoms. The van der Waals surface area contributed by atoms with Crippen molar-refractivity contribution in [3.63, 3.8) is 0 Å². The van der Waals surface area contributed by atoms with E-state index < -0.39 is 5.97 Å². The van der Waals surface area contributed by atoms with Gasteiger partial charge in [-0.25, -0.2) is 4.79 Å². The second kappa shape index (κ2) is 4.25. The van der Waals surface area contributed by atoms with Gasteiger partial charge in [-0.15, -0.1) is 11.3 Å². The van der Waals surface area contributed by atoms with Crippen LogP contribution >= 0.6 is 11.3 Å². The first kappa shape index (κ1) is 11.1. The van der Waals surface area contributed by atoms with E-state index in [-0.39, 0.29) is 16.8 Å². The molecule has 2 N–H and O–H groups in total. The Bertz CT molecular complexity index is 427. The van der Waals surface area contributed by atoms with Crippen LogP contribution in [0.4, 0.5) is 0 Å². The summed E-state index contributed by atoms with van der Waals surface area (Å²) in [5, 5.41) is 11.6. The molecule has 86 valence electrons. The fourth-order valence-electron chi connectivity index (χ4n) is 1.69. The summed E-state index contributed by atoms with van der Waals surface area (Å²) in [6.45, 7) is 2.10. The van der Waals surface area contributed by atoms with E-state index in [4.69, 9.17) is 5.11 Å². The predicted octanol–water partition coefficient (Wildman–Crippen LogP) is 1.97. The first-order chi connectivity index (χ1) is 7.61. The molecule has 1 heterocycles. The van der Waals surface area contributed by atoms with Crippen LogP contribution in [0, 0.1) is 5.92 Å². The first-order valence-electron chi connectivity index (χ1n) is 5.25. The van der Waals surface area contributed by atoms with E-state index in [0.29, 0.717) is 10.8 Å². The van der Waals surface area contributed by atoms with Crippen molar-refractivity contribution in [2.45, 2.75) is 25.8 Å². The van der Waals surface area contributed by atoms with Gasteiger partial charge in [0.25, 0.3) is 5.91 Å². The summed E-state index contributed by atoms with van der Waals surface area (Å²) in [4.78, 5) is 23.0. The fourth-order valence-corrected chi connectivity index (χ4v) is 2.44. The Balaban J connectivity index is 1.96. The van der Waals surface area contributed by atoms with Gasteiger partial charge in [-0.3, -0.25) is 4.79 Å². The SMILES string of the molecule is CCC1CC1NC(=O)c1ccc(C(=O)O)s1. The van der Waals surface area contributed by atoms with E-state index in [9.17, 15) is 9.59 Å². The summed E-state index contributed by atoms with van der Waals surface area (Å²) in [6.07, 6.45) is 2.12. The molecule has 1 aromatic rings. The van der Waals surface area contributed by atoms with E-state index in [1.807, 2.05) is 0 Å². The lowest BCUT2D eigenvalue weighted by atomic mass is 10.3. The topological polar surface area (TPSA) is 66.4 Å². The van der Waals surface area contributed by atoms with Crippen LogP contribution in [0.15, 0.2) is 12.1 Å². The second-order valence-corrected chi connectivity index (χ2v) is 5.04. The van der Waals surface area contributed by atoms with Crippen LogP contribution in [-0.4, -0.2) is 23.0 Å². The van der Waals surface area contributed by atoms with Gasteiger partial charge in [-0.05, 0) is 24.5 Å². The number of nitrogens with one attached hydrogen (secondary N) is 1. The highest BCUT2D eigenvalue weighted by atomic mass is 32.1. The second-order valence-electron chi connectivity index (χ2n) is 3.95. The Hall–Kier alpha value is -1.36. The molecule has 16 heavy (non-hydrogen) atoms. The number of carbonyl (C=O) groups excluding carboxylic acids is 1. The zero-order chi connectivity index (χ0) is 11.7. The molecule has 0 spiro atoms. The molecule has 1 amide bonds. The van der Waals surface area contributed by atoms with Gasteiger partial charge in [0.15, 0.2) is 0 Å². The lowest BCUT2D eigenvalue weighted by Gasteiger charge is -2.00. The number of carbonyl (C=O) groups is 2. The van der Waals surface area contributed by atoms with Crippen LogP contribution in [0.1, 0.15) is 39.1 Å². The maximum absolute atomic E-state index is 11.7. The monoisotopic (exact) mass is 239 g/mol. The standard InChI is InChI=1S/C11H13NO3S/c1-2-6-5-7(6)12-10(13)8-3-4-9(16-8)11(14)15/h3-4,6-7H,2,5H2,1H3,(H,12,13)(H,14,15). The maximum Gasteiger partial charge on any atom is 0.345 e. The molecule has 2 unspecified atom stereocenters. The van der Waals surface area contributed by atoms with E-state index >= 15 is 0 Å². The average Bonchev–Trinajstić information content (AvgIpc) is 2.80. The third-order valence-corrected chi connectivity index (χ3v) is 3.88. The normalized spacial score (nSPS) is 22.8. The van der Waals surface area contributed by atoms with Gasteiger partial charge in [-0.2, -0.15) is 0 Å². The molecular weight excluding hydrogens is 226 g/mol. The fraction of sp³-hybridized carbons (Fsp3) is 0.455. The Morgan fingerprint density at radius 1 is 1.50 bits per heavy atom. The Labute approximate surface area is 97.3 Å². The Morgan fingerprint density at radius 2 is 2.19 bits per heavy atom. The van der Waals surface area contributed by atoms with E-state index in [0.717, 1.165) is 24.2 Å². The third-order valence-electron chi connectivity index (χ3n) is 2.80. The summed E-state index contributed by atoms with van der Waals surface area (Å²) in [5.74, 6) is -0.539. The molecule has 1 aromatic heterocycles. The summed E-state index contributed by atoms with van der Waals surface area (Å²) in [6, 6.07) is 3.31. The van der Waals surface area contributed by atoms with Gasteiger partial charge >= 0.3 is 5.97 Å². The molecule has 1 aliphatic carbocycles. The number of hydrogen-bond acceptors (Lipinski definition) is 3. The van der Waals surface area contributed by atoms with Crippen LogP contribution in [0.2, 0.25) is 0 Å². The van der Waals surface area contributed by atoms with Crippen LogP contribution in [0.25, 0.3) is 0 Å². The predicted molar refractivity (Wildman–Crippen MR) is 60.9 cm³/mol. The molecule has 0 radical (unpaired) electrons. The van der Waals surface area contributed by atoms with Crippen molar-refractivity contribution >= 4 is 23.2 Å². The molecule has 2 rings (SSSR count). The number of hydrogen-bond donors (Lipinski definition) is 2. The number of thiophene rings is 1. The van der Waals surface area contributed by atoms with Crippen molar-refractivity contribution in [2.75, 3.05) is 0 Å². The van der Waals surface area contributed by atoms with E-state index in [1.165, 1.54) is 6.07 Å². The summed E-state index contributed by atoms with van der Waals surface area (Å²) in [5.41, 5.74) is 0. The van der Waals surface area contributed by atoms with Gasteiger partial charge in [0.05, 0.1) is 4.88 Å². The lowest BCUT2D eigenvalue weighted by molar-refractivity contribution is 0.0702. The van der Waals surface area contributed by atoms with E-state index in [1.54, 1.807) is 6.07 Å². The molecule has 5 heteroatoms. The molecule has 0 saturated heterocycles. The third kappa shape index (κ3) is 2.24. The highest BCUT2D eigenvalue weighted by Gasteiger charge is 2.36. The minimum absolute atomic E-state index is 0.154. The van der Waals surface area contributed by atoms with Crippen molar-refractivity contribution in [3.8, 4) is 0 Å². The van der Waals surface area contributed by atoms with Gasteiger partial charge in [0, 0.05) is 6.04 Å².